The minimum absolute atomic E-state index is 0.0531. The van der Waals surface area contributed by atoms with E-state index >= 15 is 0 Å². The molecule has 0 saturated heterocycles. The molecule has 0 radical (unpaired) electrons. The summed E-state index contributed by atoms with van der Waals surface area (Å²) in [5.41, 5.74) is 1.73. The Kier molecular flexibility index (Phi) is 8.04. The minimum atomic E-state index is -4.14. The predicted molar refractivity (Wildman–Crippen MR) is 128 cm³/mol. The van der Waals surface area contributed by atoms with Crippen molar-refractivity contribution >= 4 is 22.1 Å². The molecular formula is C25H26N2O6S. The quantitative estimate of drug-likeness (QED) is 0.339. The van der Waals surface area contributed by atoms with Crippen LogP contribution in [0.3, 0.4) is 0 Å². The van der Waals surface area contributed by atoms with Crippen molar-refractivity contribution in [3.8, 4) is 11.5 Å². The molecule has 0 aliphatic rings. The lowest BCUT2D eigenvalue weighted by Crippen LogP contribution is -2.33. The fourth-order valence-corrected chi connectivity index (χ4v) is 5.02. The molecule has 0 bridgehead atoms. The van der Waals surface area contributed by atoms with Gasteiger partial charge in [-0.2, -0.15) is 4.31 Å². The molecular weight excluding hydrogens is 456 g/mol. The number of benzene rings is 2. The molecule has 8 nitrogen and oxygen atoms in total. The van der Waals surface area contributed by atoms with Gasteiger partial charge in [0.05, 0.1) is 33.1 Å². The van der Waals surface area contributed by atoms with Gasteiger partial charge in [-0.1, -0.05) is 36.4 Å². The number of esters is 1. The number of rotatable bonds is 9. The van der Waals surface area contributed by atoms with Crippen molar-refractivity contribution < 1.29 is 27.4 Å². The van der Waals surface area contributed by atoms with Crippen LogP contribution in [0.2, 0.25) is 0 Å². The van der Waals surface area contributed by atoms with Crippen molar-refractivity contribution in [2.24, 2.45) is 0 Å². The first-order valence-electron chi connectivity index (χ1n) is 10.3. The summed E-state index contributed by atoms with van der Waals surface area (Å²) in [6.45, 7) is 0. The van der Waals surface area contributed by atoms with Gasteiger partial charge in [0.25, 0.3) is 0 Å². The average Bonchev–Trinajstić information content (AvgIpc) is 2.87. The summed E-state index contributed by atoms with van der Waals surface area (Å²) in [7, 11) is 1.39. The first kappa shape index (κ1) is 24.9. The molecule has 0 aliphatic carbocycles. The molecule has 1 atom stereocenters. The van der Waals surface area contributed by atoms with Crippen LogP contribution >= 0.6 is 0 Å². The summed E-state index contributed by atoms with van der Waals surface area (Å²) < 4.78 is 44.6. The van der Waals surface area contributed by atoms with Crippen LogP contribution in [0, 0.1) is 0 Å². The lowest BCUT2D eigenvalue weighted by atomic mass is 10.0. The molecule has 0 spiro atoms. The van der Waals surface area contributed by atoms with Gasteiger partial charge in [0.15, 0.2) is 11.5 Å². The maximum atomic E-state index is 14.0. The molecule has 3 rings (SSSR count). The minimum Gasteiger partial charge on any atom is -0.493 e. The largest absolute Gasteiger partial charge is 0.493 e. The van der Waals surface area contributed by atoms with Gasteiger partial charge in [-0.15, -0.1) is 0 Å². The number of pyridine rings is 1. The highest BCUT2D eigenvalue weighted by molar-refractivity contribution is 7.89. The van der Waals surface area contributed by atoms with Gasteiger partial charge in [-0.25, -0.2) is 13.2 Å². The van der Waals surface area contributed by atoms with E-state index in [1.54, 1.807) is 30.5 Å². The summed E-state index contributed by atoms with van der Waals surface area (Å²) in [6, 6.07) is 16.9. The zero-order valence-corrected chi connectivity index (χ0v) is 20.2. The Labute approximate surface area is 199 Å². The fraction of sp³-hybridized carbons (Fsp3) is 0.200. The first-order valence-corrected chi connectivity index (χ1v) is 11.7. The molecule has 9 heteroatoms. The van der Waals surface area contributed by atoms with Gasteiger partial charge >= 0.3 is 5.97 Å². The van der Waals surface area contributed by atoms with Gasteiger partial charge in [-0.05, 0) is 41.5 Å². The number of carbonyl (C=O) groups excluding carboxylic acids is 1. The highest BCUT2D eigenvalue weighted by Crippen LogP contribution is 2.40. The summed E-state index contributed by atoms with van der Waals surface area (Å²) in [6.07, 6.45) is 4.26. The standard InChI is InChI=1S/C25H26N2O6S/c1-27(24(19-10-6-5-7-11-19)20-12-8-9-15-26-20)34(29,30)22-17-18(13-14-23(28)32-3)16-21(31-2)25(22)33-4/h5-17,24H,1-4H3/b14-13+. The molecule has 0 fully saturated rings. The van der Waals surface area contributed by atoms with Crippen molar-refractivity contribution in [1.29, 1.82) is 0 Å². The molecule has 1 unspecified atom stereocenters. The van der Waals surface area contributed by atoms with Crippen LogP contribution in [0.5, 0.6) is 11.5 Å². The van der Waals surface area contributed by atoms with E-state index in [0.717, 1.165) is 5.56 Å². The van der Waals surface area contributed by atoms with Crippen molar-refractivity contribution in [2.45, 2.75) is 10.9 Å². The normalized spacial score (nSPS) is 12.5. The predicted octanol–water partition coefficient (Wildman–Crippen LogP) is 3.70. The van der Waals surface area contributed by atoms with E-state index in [4.69, 9.17) is 9.47 Å². The maximum Gasteiger partial charge on any atom is 0.330 e. The molecule has 1 heterocycles. The molecule has 3 aromatic rings. The number of carbonyl (C=O) groups is 1. The molecule has 1 aromatic heterocycles. The first-order chi connectivity index (χ1) is 16.3. The second-order valence-electron chi connectivity index (χ2n) is 7.20. The lowest BCUT2D eigenvalue weighted by Gasteiger charge is -2.28. The van der Waals surface area contributed by atoms with E-state index in [0.29, 0.717) is 11.3 Å². The number of methoxy groups -OCH3 is 3. The smallest absolute Gasteiger partial charge is 0.330 e. The zero-order valence-electron chi connectivity index (χ0n) is 19.3. The van der Waals surface area contributed by atoms with Gasteiger partial charge in [-0.3, -0.25) is 4.98 Å². The molecule has 178 valence electrons. The van der Waals surface area contributed by atoms with E-state index < -0.39 is 22.0 Å². The highest BCUT2D eigenvalue weighted by Gasteiger charge is 2.34. The third-order valence-corrected chi connectivity index (χ3v) is 7.01. The number of hydrogen-bond acceptors (Lipinski definition) is 7. The van der Waals surface area contributed by atoms with Crippen LogP contribution in [-0.4, -0.2) is 52.1 Å². The van der Waals surface area contributed by atoms with E-state index in [-0.39, 0.29) is 16.4 Å². The third kappa shape index (κ3) is 5.27. The topological polar surface area (TPSA) is 95.0 Å². The van der Waals surface area contributed by atoms with Crippen LogP contribution in [0.1, 0.15) is 22.9 Å². The zero-order chi connectivity index (χ0) is 24.7. The Balaban J connectivity index is 2.18. The number of ether oxygens (including phenoxy) is 3. The van der Waals surface area contributed by atoms with Crippen LogP contribution in [0.4, 0.5) is 0 Å². The van der Waals surface area contributed by atoms with E-state index in [9.17, 15) is 13.2 Å². The SMILES string of the molecule is COC(=O)/C=C/c1cc(OC)c(OC)c(S(=O)(=O)N(C)C(c2ccccc2)c2ccccn2)c1. The lowest BCUT2D eigenvalue weighted by molar-refractivity contribution is -0.134. The highest BCUT2D eigenvalue weighted by atomic mass is 32.2. The number of hydrogen-bond donors (Lipinski definition) is 0. The van der Waals surface area contributed by atoms with Gasteiger partial charge in [0, 0.05) is 19.3 Å². The van der Waals surface area contributed by atoms with Crippen LogP contribution in [0.15, 0.2) is 77.8 Å². The Morgan fingerprint density at radius 2 is 1.71 bits per heavy atom. The molecule has 0 amide bonds. The molecule has 0 saturated carbocycles. The second-order valence-corrected chi connectivity index (χ2v) is 9.17. The van der Waals surface area contributed by atoms with E-state index in [1.165, 1.54) is 50.9 Å². The Bertz CT molecular complexity index is 1220. The Morgan fingerprint density at radius 1 is 1.00 bits per heavy atom. The van der Waals surface area contributed by atoms with Crippen LogP contribution < -0.4 is 9.47 Å². The monoisotopic (exact) mass is 482 g/mol. The van der Waals surface area contributed by atoms with E-state index in [1.807, 2.05) is 30.3 Å². The summed E-state index contributed by atoms with van der Waals surface area (Å²) in [5.74, 6) is -0.316. The Morgan fingerprint density at radius 3 is 2.29 bits per heavy atom. The van der Waals surface area contributed by atoms with Crippen molar-refractivity contribution in [3.05, 3.63) is 89.8 Å². The summed E-state index contributed by atoms with van der Waals surface area (Å²) in [5, 5.41) is 0. The van der Waals surface area contributed by atoms with Gasteiger partial charge in [0.1, 0.15) is 4.90 Å². The number of aromatic nitrogens is 1. The molecule has 0 N–H and O–H groups in total. The maximum absolute atomic E-state index is 14.0. The third-order valence-electron chi connectivity index (χ3n) is 5.18. The van der Waals surface area contributed by atoms with Crippen LogP contribution in [0.25, 0.3) is 6.08 Å². The van der Waals surface area contributed by atoms with Gasteiger partial charge < -0.3 is 14.2 Å². The number of nitrogens with zero attached hydrogens (tertiary/aromatic N) is 2. The molecule has 0 aliphatic heterocycles. The number of sulfonamides is 1. The molecule has 2 aromatic carbocycles. The van der Waals surface area contributed by atoms with Crippen molar-refractivity contribution in [3.63, 3.8) is 0 Å². The van der Waals surface area contributed by atoms with Gasteiger partial charge in [0.2, 0.25) is 10.0 Å². The van der Waals surface area contributed by atoms with Crippen molar-refractivity contribution in [2.75, 3.05) is 28.4 Å². The average molecular weight is 483 g/mol. The Hall–Kier alpha value is -3.69. The summed E-state index contributed by atoms with van der Waals surface area (Å²) in [4.78, 5) is 15.9. The molecule has 34 heavy (non-hydrogen) atoms. The summed E-state index contributed by atoms with van der Waals surface area (Å²) >= 11 is 0. The van der Waals surface area contributed by atoms with E-state index in [2.05, 4.69) is 9.72 Å². The second kappa shape index (κ2) is 11.0. The van der Waals surface area contributed by atoms with Crippen molar-refractivity contribution in [1.82, 2.24) is 9.29 Å². The van der Waals surface area contributed by atoms with Crippen LogP contribution in [-0.2, 0) is 19.6 Å². The fourth-order valence-electron chi connectivity index (χ4n) is 3.50.